The monoisotopic (exact) mass is 544 g/mol. The lowest BCUT2D eigenvalue weighted by Crippen LogP contribution is -2.52. The molecule has 6 atom stereocenters. The number of hydrogen-bond donors (Lipinski definition) is 0. The molecule has 0 amide bonds. The number of para-hydroxylation sites is 1. The Morgan fingerprint density at radius 2 is 1.64 bits per heavy atom. The van der Waals surface area contributed by atoms with Crippen LogP contribution in [-0.2, 0) is 14.3 Å². The summed E-state index contributed by atoms with van der Waals surface area (Å²) in [5.41, 5.74) is 2.72. The first-order valence-electron chi connectivity index (χ1n) is 14.7. The van der Waals surface area contributed by atoms with Crippen molar-refractivity contribution in [2.24, 2.45) is 28.6 Å². The summed E-state index contributed by atoms with van der Waals surface area (Å²) in [5, 5.41) is 0. The number of thioether (sulfide) groups is 1. The Morgan fingerprint density at radius 1 is 0.897 bits per heavy atom. The van der Waals surface area contributed by atoms with E-state index >= 15 is 0 Å². The van der Waals surface area contributed by atoms with Gasteiger partial charge in [-0.1, -0.05) is 55.8 Å². The minimum Gasteiger partial charge on any atom is -0.482 e. The lowest BCUT2D eigenvalue weighted by molar-refractivity contribution is -0.162. The maximum absolute atomic E-state index is 13.2. The van der Waals surface area contributed by atoms with Crippen LogP contribution in [0.4, 0.5) is 0 Å². The highest BCUT2D eigenvalue weighted by Crippen LogP contribution is 2.66. The van der Waals surface area contributed by atoms with Crippen LogP contribution in [0.1, 0.15) is 65.2 Å². The minimum atomic E-state index is -0.264. The van der Waals surface area contributed by atoms with Gasteiger partial charge in [-0.2, -0.15) is 0 Å². The van der Waals surface area contributed by atoms with Gasteiger partial charge in [-0.15, -0.1) is 11.8 Å². The highest BCUT2D eigenvalue weighted by molar-refractivity contribution is 7.99. The number of rotatable bonds is 7. The third kappa shape index (κ3) is 4.96. The second kappa shape index (κ2) is 10.8. The fraction of sp³-hybridized carbons (Fsp3) is 0.529. The van der Waals surface area contributed by atoms with Crippen molar-refractivity contribution in [2.75, 3.05) is 12.4 Å². The van der Waals surface area contributed by atoms with E-state index in [4.69, 9.17) is 9.47 Å². The van der Waals surface area contributed by atoms with Crippen molar-refractivity contribution in [3.05, 3.63) is 71.8 Å². The molecule has 4 aliphatic rings. The van der Waals surface area contributed by atoms with Crippen LogP contribution < -0.4 is 4.74 Å². The Labute approximate surface area is 236 Å². The molecular weight excluding hydrogens is 504 g/mol. The molecule has 0 saturated heterocycles. The van der Waals surface area contributed by atoms with Crippen LogP contribution in [0.5, 0.6) is 5.75 Å². The summed E-state index contributed by atoms with van der Waals surface area (Å²) in [4.78, 5) is 27.2. The number of benzene rings is 2. The molecule has 0 radical (unpaired) electrons. The van der Waals surface area contributed by atoms with Gasteiger partial charge in [0.25, 0.3) is 0 Å². The van der Waals surface area contributed by atoms with Crippen LogP contribution in [0.2, 0.25) is 0 Å². The Hall–Kier alpha value is -2.53. The summed E-state index contributed by atoms with van der Waals surface area (Å²) in [5.74, 6) is 3.41. The fourth-order valence-corrected chi connectivity index (χ4v) is 9.66. The van der Waals surface area contributed by atoms with Gasteiger partial charge >= 0.3 is 5.97 Å². The van der Waals surface area contributed by atoms with E-state index in [1.54, 1.807) is 11.8 Å². The van der Waals surface area contributed by atoms with Gasteiger partial charge in [0, 0.05) is 28.1 Å². The smallest absolute Gasteiger partial charge is 0.344 e. The maximum Gasteiger partial charge on any atom is 0.344 e. The Bertz CT molecular complexity index is 1240. The molecule has 0 N–H and O–H groups in total. The van der Waals surface area contributed by atoms with Crippen LogP contribution in [0.15, 0.2) is 76.7 Å². The van der Waals surface area contributed by atoms with Gasteiger partial charge in [0.1, 0.15) is 11.9 Å². The van der Waals surface area contributed by atoms with Gasteiger partial charge in [0.15, 0.2) is 12.4 Å². The topological polar surface area (TPSA) is 52.6 Å². The van der Waals surface area contributed by atoms with Gasteiger partial charge in [0.05, 0.1) is 0 Å². The zero-order valence-corrected chi connectivity index (χ0v) is 24.0. The highest BCUT2D eigenvalue weighted by Gasteiger charge is 2.60. The zero-order valence-electron chi connectivity index (χ0n) is 23.2. The SMILES string of the molecule is C[C@]12CC[C@H]3[C@@H](CCC4=C(CSc5ccccc5)C(=O)CC[C@@]43C)[C@@H]1CC[C@@H]2OC(=O)COc1ccccc1. The first-order valence-corrected chi connectivity index (χ1v) is 15.7. The molecule has 6 rings (SSSR count). The van der Waals surface area contributed by atoms with Crippen LogP contribution in [0.25, 0.3) is 0 Å². The molecule has 2 aromatic carbocycles. The molecule has 0 aromatic heterocycles. The van der Waals surface area contributed by atoms with E-state index in [0.29, 0.717) is 35.7 Å². The van der Waals surface area contributed by atoms with Crippen LogP contribution in [0, 0.1) is 28.6 Å². The van der Waals surface area contributed by atoms with E-state index < -0.39 is 0 Å². The molecule has 3 saturated carbocycles. The lowest BCUT2D eigenvalue weighted by Gasteiger charge is -2.58. The average Bonchev–Trinajstić information content (AvgIpc) is 3.28. The quantitative estimate of drug-likeness (QED) is 0.264. The molecule has 2 aromatic rings. The van der Waals surface area contributed by atoms with Crippen LogP contribution >= 0.6 is 11.8 Å². The molecule has 0 heterocycles. The average molecular weight is 545 g/mol. The summed E-state index contributed by atoms with van der Waals surface area (Å²) in [6.45, 7) is 4.79. The van der Waals surface area contributed by atoms with Crippen molar-refractivity contribution in [3.8, 4) is 5.75 Å². The molecule has 4 aliphatic carbocycles. The molecule has 3 fully saturated rings. The highest BCUT2D eigenvalue weighted by atomic mass is 32.2. The number of ketones is 1. The molecular formula is C34H40O4S. The van der Waals surface area contributed by atoms with E-state index in [9.17, 15) is 9.59 Å². The van der Waals surface area contributed by atoms with Gasteiger partial charge in [-0.25, -0.2) is 4.79 Å². The normalized spacial score (nSPS) is 33.6. The van der Waals surface area contributed by atoms with Crippen molar-refractivity contribution in [1.82, 2.24) is 0 Å². The molecule has 206 valence electrons. The van der Waals surface area contributed by atoms with Crippen molar-refractivity contribution in [2.45, 2.75) is 76.2 Å². The van der Waals surface area contributed by atoms with E-state index in [-0.39, 0.29) is 29.5 Å². The molecule has 5 heteroatoms. The summed E-state index contributed by atoms with van der Waals surface area (Å²) in [6, 6.07) is 19.9. The number of esters is 1. The maximum atomic E-state index is 13.2. The van der Waals surface area contributed by atoms with E-state index in [2.05, 4.69) is 38.1 Å². The second-order valence-corrected chi connectivity index (χ2v) is 13.6. The van der Waals surface area contributed by atoms with Crippen molar-refractivity contribution in [1.29, 1.82) is 0 Å². The minimum absolute atomic E-state index is 0.0254. The fourth-order valence-electron chi connectivity index (χ4n) is 8.66. The van der Waals surface area contributed by atoms with Gasteiger partial charge in [-0.3, -0.25) is 4.79 Å². The largest absolute Gasteiger partial charge is 0.482 e. The first kappa shape index (κ1) is 26.7. The van der Waals surface area contributed by atoms with Crippen molar-refractivity contribution < 1.29 is 19.1 Å². The van der Waals surface area contributed by atoms with Crippen LogP contribution in [-0.4, -0.2) is 30.2 Å². The standard InChI is InChI=1S/C34H40O4S/c1-33-20-18-30(35)26(22-39-24-11-7-4-8-12-24)28(33)14-13-25-27-15-16-31(34(27,2)19-17-29(25)33)38-32(36)21-37-23-9-5-3-6-10-23/h3-12,25,27,29,31H,13-22H2,1-2H3/t25-,27-,29-,31-,33-,34-/m0/s1. The first-order chi connectivity index (χ1) is 18.9. The number of allylic oxidation sites excluding steroid dienone is 1. The van der Waals surface area contributed by atoms with E-state index in [0.717, 1.165) is 56.3 Å². The van der Waals surface area contributed by atoms with Crippen LogP contribution in [0.3, 0.4) is 0 Å². The Morgan fingerprint density at radius 3 is 2.41 bits per heavy atom. The summed E-state index contributed by atoms with van der Waals surface area (Å²) in [7, 11) is 0. The van der Waals surface area contributed by atoms with E-state index in [1.807, 2.05) is 36.4 Å². The number of carbonyl (C=O) groups is 2. The number of carbonyl (C=O) groups excluding carboxylic acids is 2. The molecule has 0 spiro atoms. The predicted molar refractivity (Wildman–Crippen MR) is 155 cm³/mol. The molecule has 4 nitrogen and oxygen atoms in total. The Balaban J connectivity index is 1.15. The van der Waals surface area contributed by atoms with Crippen molar-refractivity contribution >= 4 is 23.5 Å². The number of hydrogen-bond acceptors (Lipinski definition) is 5. The van der Waals surface area contributed by atoms with Gasteiger partial charge < -0.3 is 9.47 Å². The zero-order chi connectivity index (χ0) is 27.0. The third-order valence-corrected chi connectivity index (χ3v) is 11.7. The number of ether oxygens (including phenoxy) is 2. The summed E-state index contributed by atoms with van der Waals surface area (Å²) >= 11 is 1.80. The molecule has 0 unspecified atom stereocenters. The summed E-state index contributed by atoms with van der Waals surface area (Å²) in [6.07, 6.45) is 8.12. The molecule has 0 aliphatic heterocycles. The summed E-state index contributed by atoms with van der Waals surface area (Å²) < 4.78 is 11.8. The molecule has 39 heavy (non-hydrogen) atoms. The van der Waals surface area contributed by atoms with Gasteiger partial charge in [0.2, 0.25) is 0 Å². The lowest BCUT2D eigenvalue weighted by atomic mass is 9.47. The Kier molecular flexibility index (Phi) is 7.39. The predicted octanol–water partition coefficient (Wildman–Crippen LogP) is 7.67. The van der Waals surface area contributed by atoms with Crippen molar-refractivity contribution in [3.63, 3.8) is 0 Å². The number of fused-ring (bicyclic) bond motifs is 5. The number of Topliss-reactive ketones (excluding diaryl/α,β-unsaturated/α-hetero) is 1. The molecule has 0 bridgehead atoms. The second-order valence-electron chi connectivity index (χ2n) is 12.5. The van der Waals surface area contributed by atoms with Gasteiger partial charge in [-0.05, 0) is 92.4 Å². The third-order valence-electron chi connectivity index (χ3n) is 10.7. The van der Waals surface area contributed by atoms with E-state index in [1.165, 1.54) is 10.5 Å².